The number of hydrogen-bond acceptors (Lipinski definition) is 6. The van der Waals surface area contributed by atoms with E-state index in [0.29, 0.717) is 23.1 Å². The second kappa shape index (κ2) is 6.50. The van der Waals surface area contributed by atoms with Crippen molar-refractivity contribution in [2.75, 3.05) is 18.8 Å². The number of imidazole rings is 2. The molecule has 1 aromatic carbocycles. The number of nitrogens with zero attached hydrogens (tertiary/aromatic N) is 6. The zero-order valence-electron chi connectivity index (χ0n) is 16.1. The molecule has 3 aromatic heterocycles. The first-order valence-electron chi connectivity index (χ1n) is 10.1. The molecule has 1 saturated carbocycles. The van der Waals surface area contributed by atoms with Gasteiger partial charge in [0.15, 0.2) is 5.82 Å². The van der Waals surface area contributed by atoms with E-state index in [1.807, 2.05) is 4.57 Å². The van der Waals surface area contributed by atoms with E-state index in [0.717, 1.165) is 49.2 Å². The van der Waals surface area contributed by atoms with Gasteiger partial charge >= 0.3 is 0 Å². The van der Waals surface area contributed by atoms with Gasteiger partial charge in [-0.3, -0.25) is 0 Å². The van der Waals surface area contributed by atoms with Crippen molar-refractivity contribution in [3.05, 3.63) is 47.7 Å². The highest BCUT2D eigenvalue weighted by molar-refractivity contribution is 5.78. The van der Waals surface area contributed by atoms with Crippen LogP contribution in [0.4, 0.5) is 10.2 Å². The standard InChI is InChI=1S/C21H19FN8/c22-15-8-18-17(26-11-29(18)14-2-3-14)7-12(15)1-4-16-19-20(23)25-10-27-30(19)21(28-16)13-5-6-24-9-13/h7-8,10-11,13-14,24H,2-3,5-6,9H2,(H2,23,25,27)/t13-/m0/s1. The Bertz CT molecular complexity index is 1350. The smallest absolute Gasteiger partial charge is 0.154 e. The van der Waals surface area contributed by atoms with E-state index in [4.69, 9.17) is 10.7 Å². The van der Waals surface area contributed by atoms with Crippen molar-refractivity contribution < 1.29 is 4.39 Å². The normalized spacial score (nSPS) is 18.8. The lowest BCUT2D eigenvalue weighted by Crippen LogP contribution is -2.11. The van der Waals surface area contributed by atoms with Gasteiger partial charge in [0.25, 0.3) is 0 Å². The number of nitrogens with two attached hydrogens (primary N) is 1. The molecular weight excluding hydrogens is 383 g/mol. The van der Waals surface area contributed by atoms with Crippen molar-refractivity contribution in [1.82, 2.24) is 34.4 Å². The Labute approximate surface area is 171 Å². The summed E-state index contributed by atoms with van der Waals surface area (Å²) in [5, 5.41) is 7.66. The number of anilines is 1. The van der Waals surface area contributed by atoms with Gasteiger partial charge in [-0.2, -0.15) is 5.10 Å². The average molecular weight is 402 g/mol. The Morgan fingerprint density at radius 1 is 1.17 bits per heavy atom. The van der Waals surface area contributed by atoms with E-state index in [-0.39, 0.29) is 17.3 Å². The maximum atomic E-state index is 14.8. The van der Waals surface area contributed by atoms with Crippen LogP contribution in [0.2, 0.25) is 0 Å². The summed E-state index contributed by atoms with van der Waals surface area (Å²) in [6.45, 7) is 1.75. The number of nitrogen functional groups attached to an aromatic ring is 1. The molecule has 6 rings (SSSR count). The van der Waals surface area contributed by atoms with Gasteiger partial charge in [-0.05, 0) is 37.8 Å². The number of aromatic nitrogens is 6. The van der Waals surface area contributed by atoms with E-state index < -0.39 is 0 Å². The monoisotopic (exact) mass is 402 g/mol. The lowest BCUT2D eigenvalue weighted by Gasteiger charge is -2.05. The maximum Gasteiger partial charge on any atom is 0.154 e. The van der Waals surface area contributed by atoms with Crippen LogP contribution >= 0.6 is 0 Å². The minimum absolute atomic E-state index is 0.224. The summed E-state index contributed by atoms with van der Waals surface area (Å²) < 4.78 is 18.5. The summed E-state index contributed by atoms with van der Waals surface area (Å²) in [4.78, 5) is 13.2. The molecule has 0 spiro atoms. The lowest BCUT2D eigenvalue weighted by molar-refractivity contribution is 0.624. The van der Waals surface area contributed by atoms with Crippen LogP contribution in [-0.2, 0) is 0 Å². The largest absolute Gasteiger partial charge is 0.382 e. The van der Waals surface area contributed by atoms with E-state index in [1.165, 1.54) is 12.4 Å². The Balaban J connectivity index is 1.45. The van der Waals surface area contributed by atoms with Crippen LogP contribution < -0.4 is 11.1 Å². The number of fused-ring (bicyclic) bond motifs is 2. The second-order valence-corrected chi connectivity index (χ2v) is 7.87. The molecule has 1 aliphatic carbocycles. The SMILES string of the molecule is Nc1ncnn2c([C@H]3CCNC3)nc(C#Cc3cc4ncn(C5CC5)c4cc3F)c12. The van der Waals surface area contributed by atoms with E-state index >= 15 is 0 Å². The quantitative estimate of drug-likeness (QED) is 0.498. The first-order chi connectivity index (χ1) is 14.7. The zero-order chi connectivity index (χ0) is 20.2. The molecule has 3 N–H and O–H groups in total. The second-order valence-electron chi connectivity index (χ2n) is 7.87. The van der Waals surface area contributed by atoms with Gasteiger partial charge in [-0.1, -0.05) is 5.92 Å². The summed E-state index contributed by atoms with van der Waals surface area (Å²) in [7, 11) is 0. The summed E-state index contributed by atoms with van der Waals surface area (Å²) in [5.41, 5.74) is 8.94. The molecule has 0 radical (unpaired) electrons. The molecule has 9 heteroatoms. The third-order valence-electron chi connectivity index (χ3n) is 5.83. The van der Waals surface area contributed by atoms with Gasteiger partial charge in [0.1, 0.15) is 29.2 Å². The predicted molar refractivity (Wildman–Crippen MR) is 109 cm³/mol. The van der Waals surface area contributed by atoms with Crippen molar-refractivity contribution in [3.63, 3.8) is 0 Å². The molecule has 4 heterocycles. The van der Waals surface area contributed by atoms with Crippen molar-refractivity contribution in [2.24, 2.45) is 0 Å². The number of halogens is 1. The summed E-state index contributed by atoms with van der Waals surface area (Å²) in [6, 6.07) is 3.65. The molecule has 2 aliphatic rings. The van der Waals surface area contributed by atoms with Gasteiger partial charge in [-0.25, -0.2) is 23.9 Å². The Morgan fingerprint density at radius 3 is 2.87 bits per heavy atom. The summed E-state index contributed by atoms with van der Waals surface area (Å²) in [5.74, 6) is 6.88. The van der Waals surface area contributed by atoms with Crippen molar-refractivity contribution in [3.8, 4) is 11.8 Å². The van der Waals surface area contributed by atoms with Crippen molar-refractivity contribution in [1.29, 1.82) is 0 Å². The molecule has 30 heavy (non-hydrogen) atoms. The first kappa shape index (κ1) is 17.4. The minimum atomic E-state index is -0.370. The Morgan fingerprint density at radius 2 is 2.07 bits per heavy atom. The first-order valence-corrected chi connectivity index (χ1v) is 10.1. The van der Waals surface area contributed by atoms with Gasteiger partial charge in [0, 0.05) is 24.6 Å². The van der Waals surface area contributed by atoms with E-state index in [1.54, 1.807) is 16.9 Å². The highest BCUT2D eigenvalue weighted by atomic mass is 19.1. The maximum absolute atomic E-state index is 14.8. The number of hydrogen-bond donors (Lipinski definition) is 2. The van der Waals surface area contributed by atoms with Crippen molar-refractivity contribution in [2.45, 2.75) is 31.2 Å². The van der Waals surface area contributed by atoms with Crippen LogP contribution in [0.15, 0.2) is 24.8 Å². The summed E-state index contributed by atoms with van der Waals surface area (Å²) >= 11 is 0. The highest BCUT2D eigenvalue weighted by Crippen LogP contribution is 2.37. The zero-order valence-corrected chi connectivity index (χ0v) is 16.1. The van der Waals surface area contributed by atoms with E-state index in [9.17, 15) is 4.39 Å². The molecule has 1 atom stereocenters. The van der Waals surface area contributed by atoms with Crippen LogP contribution in [-0.4, -0.2) is 42.2 Å². The molecular formula is C21H19FN8. The molecule has 150 valence electrons. The summed E-state index contributed by atoms with van der Waals surface area (Å²) in [6.07, 6.45) is 6.39. The number of benzene rings is 1. The van der Waals surface area contributed by atoms with Crippen LogP contribution in [0.3, 0.4) is 0 Å². The topological polar surface area (TPSA) is 98.9 Å². The molecule has 1 aliphatic heterocycles. The molecule has 0 bridgehead atoms. The highest BCUT2D eigenvalue weighted by Gasteiger charge is 2.26. The molecule has 2 fully saturated rings. The Hall–Kier alpha value is -3.51. The van der Waals surface area contributed by atoms with Gasteiger partial charge < -0.3 is 15.6 Å². The van der Waals surface area contributed by atoms with Crippen LogP contribution in [0, 0.1) is 17.7 Å². The average Bonchev–Trinajstić information content (AvgIpc) is 3.14. The molecule has 8 nitrogen and oxygen atoms in total. The Kier molecular flexibility index (Phi) is 3.76. The van der Waals surface area contributed by atoms with Crippen LogP contribution in [0.5, 0.6) is 0 Å². The number of rotatable bonds is 2. The van der Waals surface area contributed by atoms with Crippen LogP contribution in [0.25, 0.3) is 16.6 Å². The van der Waals surface area contributed by atoms with Gasteiger partial charge in [0.05, 0.1) is 22.9 Å². The van der Waals surface area contributed by atoms with Gasteiger partial charge in [-0.15, -0.1) is 0 Å². The fourth-order valence-corrected chi connectivity index (χ4v) is 4.12. The molecule has 4 aromatic rings. The van der Waals surface area contributed by atoms with Gasteiger partial charge in [0.2, 0.25) is 0 Å². The molecule has 1 saturated heterocycles. The predicted octanol–water partition coefficient (Wildman–Crippen LogP) is 2.01. The van der Waals surface area contributed by atoms with Crippen LogP contribution in [0.1, 0.15) is 48.3 Å². The minimum Gasteiger partial charge on any atom is -0.382 e. The number of nitrogens with one attached hydrogen (secondary N) is 1. The van der Waals surface area contributed by atoms with Crippen molar-refractivity contribution >= 4 is 22.4 Å². The molecule has 0 unspecified atom stereocenters. The fourth-order valence-electron chi connectivity index (χ4n) is 4.12. The lowest BCUT2D eigenvalue weighted by atomic mass is 10.1. The fraction of sp³-hybridized carbons (Fsp3) is 0.333. The molecule has 0 amide bonds. The third kappa shape index (κ3) is 2.72. The van der Waals surface area contributed by atoms with E-state index in [2.05, 4.69) is 32.2 Å². The third-order valence-corrected chi connectivity index (χ3v) is 5.83.